The number of unbranched alkanes of at least 4 members (excludes halogenated alkanes) is 1. The van der Waals surface area contributed by atoms with Crippen molar-refractivity contribution < 1.29 is 8.81 Å². The van der Waals surface area contributed by atoms with Gasteiger partial charge in [0.05, 0.1) is 56.3 Å². The van der Waals surface area contributed by atoms with Crippen molar-refractivity contribution in [2.75, 3.05) is 0 Å². The second-order valence-corrected chi connectivity index (χ2v) is 42.8. The van der Waals surface area contributed by atoms with E-state index in [1.165, 1.54) is 168 Å². The van der Waals surface area contributed by atoms with Crippen LogP contribution in [0.5, 0.6) is 0 Å². The summed E-state index contributed by atoms with van der Waals surface area (Å²) in [6.07, 6.45) is 23.6. The number of fused-ring (bicyclic) bond motifs is 12. The first-order valence-corrected chi connectivity index (χ1v) is 53.9. The normalized spacial score (nSPS) is 13.6. The smallest absolute Gasteiger partial charge is 0.226 e. The van der Waals surface area contributed by atoms with Crippen LogP contribution in [0.2, 0.25) is 0 Å². The molecule has 0 amide bonds. The number of thiazole rings is 1. The summed E-state index contributed by atoms with van der Waals surface area (Å²) in [6.45, 7) is 13.3. The fourth-order valence-electron chi connectivity index (χ4n) is 18.8. The molecule has 0 atom stereocenters. The summed E-state index contributed by atoms with van der Waals surface area (Å²) in [4.78, 5) is 66.0. The van der Waals surface area contributed by atoms with Crippen LogP contribution in [-0.4, -0.2) is 63.4 Å². The fourth-order valence-corrected chi connectivity index (χ4v) is 24.9. The van der Waals surface area contributed by atoms with Crippen molar-refractivity contribution in [3.63, 3.8) is 0 Å². The number of oxazole rings is 1. The number of para-hydroxylation sites is 2. The van der Waals surface area contributed by atoms with E-state index in [4.69, 9.17) is 34.4 Å². The molecule has 6 aliphatic rings. The maximum absolute atomic E-state index is 13.4. The summed E-state index contributed by atoms with van der Waals surface area (Å²) in [6, 6.07) is 107. The van der Waals surface area contributed by atoms with Crippen molar-refractivity contribution >= 4 is 148 Å². The molecule has 0 spiro atoms. The van der Waals surface area contributed by atoms with Gasteiger partial charge in [-0.2, -0.15) is 0 Å². The van der Waals surface area contributed by atoms with Gasteiger partial charge < -0.3 is 19.4 Å². The van der Waals surface area contributed by atoms with Crippen LogP contribution in [0.3, 0.4) is 0 Å². The van der Waals surface area contributed by atoms with Gasteiger partial charge in [0.25, 0.3) is 0 Å². The zero-order valence-corrected chi connectivity index (χ0v) is 84.8. The molecule has 14 aromatic carbocycles. The van der Waals surface area contributed by atoms with Crippen LogP contribution >= 0.6 is 70.1 Å². The predicted molar refractivity (Wildman–Crippen MR) is 592 cm³/mol. The van der Waals surface area contributed by atoms with E-state index in [0.29, 0.717) is 17.7 Å². The lowest BCUT2D eigenvalue weighted by molar-refractivity contribution is 0.439. The third kappa shape index (κ3) is 21.2. The summed E-state index contributed by atoms with van der Waals surface area (Å²) in [7, 11) is 0. The number of halogens is 1. The molecule has 13 nitrogen and oxygen atoms in total. The minimum Gasteiger partial charge on any atom is -0.441 e. The lowest BCUT2D eigenvalue weighted by atomic mass is 9.83. The van der Waals surface area contributed by atoms with Gasteiger partial charge in [0.2, 0.25) is 5.89 Å². The van der Waals surface area contributed by atoms with Gasteiger partial charge in [-0.1, -0.05) is 289 Å². The second kappa shape index (κ2) is 43.7. The average Bonchev–Trinajstić information content (AvgIpc) is 1.67. The van der Waals surface area contributed by atoms with Crippen molar-refractivity contribution in [3.05, 3.63) is 402 Å². The highest BCUT2D eigenvalue weighted by molar-refractivity contribution is 8.00. The lowest BCUT2D eigenvalue weighted by Gasteiger charge is -2.24. The Bertz CT molecular complexity index is 7980. The number of benzene rings is 14. The first-order valence-electron chi connectivity index (χ1n) is 49.0. The summed E-state index contributed by atoms with van der Waals surface area (Å²) in [5.41, 5.74) is 30.5. The quantitative estimate of drug-likeness (QED) is 0.0796. The van der Waals surface area contributed by atoms with Crippen molar-refractivity contribution in [2.24, 2.45) is 36.8 Å². The monoisotopic (exact) mass is 1960 g/mol. The number of aromatic nitrogens is 7. The van der Waals surface area contributed by atoms with E-state index in [9.17, 15) is 4.39 Å². The summed E-state index contributed by atoms with van der Waals surface area (Å²) < 4.78 is 20.7. The Hall–Kier alpha value is -13.8. The minimum absolute atomic E-state index is 0.254. The molecule has 0 radical (unpaired) electrons. The summed E-state index contributed by atoms with van der Waals surface area (Å²) in [5, 5.41) is 2.37. The molecular weight excluding hydrogens is 1860 g/mol. The number of aryl methyl sites for hydroxylation is 2. The number of H-pyrrole nitrogens is 3. The molecule has 1 saturated carbocycles. The van der Waals surface area contributed by atoms with Gasteiger partial charge in [0, 0.05) is 181 Å². The average molecular weight is 1970 g/mol. The molecule has 3 N–H and O–H groups in total. The zero-order valence-electron chi connectivity index (χ0n) is 79.9. The Balaban J connectivity index is 0.000000105. The predicted octanol–water partition coefficient (Wildman–Crippen LogP) is 35.5. The molecule has 0 bridgehead atoms. The molecule has 10 heterocycles. The van der Waals surface area contributed by atoms with E-state index in [-0.39, 0.29) is 5.82 Å². The van der Waals surface area contributed by atoms with E-state index < -0.39 is 0 Å². The Morgan fingerprint density at radius 1 is 0.423 bits per heavy atom. The number of aromatic amines is 3. The number of aliphatic imine (C=N–C) groups is 5. The third-order valence-electron chi connectivity index (χ3n) is 25.9. The van der Waals surface area contributed by atoms with Crippen molar-refractivity contribution in [3.8, 4) is 56.1 Å². The van der Waals surface area contributed by atoms with Gasteiger partial charge in [0.1, 0.15) is 28.2 Å². The van der Waals surface area contributed by atoms with E-state index in [0.717, 1.165) is 161 Å². The number of nitrogens with zero attached hydrogens (tertiary/aromatic N) is 9. The molecular formula is C122H105FN12OS6. The lowest BCUT2D eigenvalue weighted by Crippen LogP contribution is -2.19. The van der Waals surface area contributed by atoms with Crippen LogP contribution < -0.4 is 0 Å². The molecule has 1 fully saturated rings. The molecule has 142 heavy (non-hydrogen) atoms. The van der Waals surface area contributed by atoms with Crippen LogP contribution in [-0.2, 0) is 12.8 Å². The van der Waals surface area contributed by atoms with Crippen molar-refractivity contribution in [1.82, 2.24) is 34.9 Å². The molecule has 19 aromatic rings. The van der Waals surface area contributed by atoms with E-state index >= 15 is 0 Å². The summed E-state index contributed by atoms with van der Waals surface area (Å²) in [5.74, 6) is 4.08. The van der Waals surface area contributed by atoms with Gasteiger partial charge in [0.15, 0.2) is 0 Å². The highest BCUT2D eigenvalue weighted by Crippen LogP contribution is 2.51. The van der Waals surface area contributed by atoms with Crippen LogP contribution in [0, 0.1) is 24.6 Å². The molecule has 1 aliphatic carbocycles. The highest BCUT2D eigenvalue weighted by atomic mass is 32.2. The first-order chi connectivity index (χ1) is 69.8. The second-order valence-electron chi connectivity index (χ2n) is 36.3. The highest BCUT2D eigenvalue weighted by Gasteiger charge is 2.30. The van der Waals surface area contributed by atoms with E-state index in [1.54, 1.807) is 77.3 Å². The van der Waals surface area contributed by atoms with Gasteiger partial charge in [-0.15, -0.1) is 11.3 Å². The van der Waals surface area contributed by atoms with Crippen LogP contribution in [0.25, 0.3) is 77.2 Å². The van der Waals surface area contributed by atoms with E-state index in [1.807, 2.05) is 78.4 Å². The Morgan fingerprint density at radius 2 is 0.908 bits per heavy atom. The maximum atomic E-state index is 13.4. The minimum atomic E-state index is -0.254. The van der Waals surface area contributed by atoms with Gasteiger partial charge in [-0.05, 0) is 220 Å². The SMILES string of the molecule is CC(C)CC1=Nc2cc(-c3ncc[nH]3)ccc2Sc2ccccc21.CCCC1=Nc2cc(-c3ncc(Cc4ccccc4)o3)ccc2Sc2ccccc21.CCCCC1=Nc2cc(-c3nc4c(CC)cccc4s3)ccc2Sc2ccccc21.Cc1c(-c2ccc3c(c2)N=C(C2CCCCC2)c2ccccc2S3)[nH]c2ccccc12.Fc1ccc(C2=Nc3cc(-c4ncc[nH]4)ccc3Sc3ccccc32)cc1. The Morgan fingerprint density at radius 3 is 1.49 bits per heavy atom. The van der Waals surface area contributed by atoms with Gasteiger partial charge in [-0.25, -0.2) is 29.3 Å². The number of rotatable bonds is 17. The molecule has 5 aliphatic heterocycles. The largest absolute Gasteiger partial charge is 0.441 e. The van der Waals surface area contributed by atoms with Gasteiger partial charge in [-0.3, -0.25) is 20.0 Å². The molecule has 0 unspecified atom stereocenters. The summed E-state index contributed by atoms with van der Waals surface area (Å²) >= 11 is 10.7. The van der Waals surface area contributed by atoms with Crippen molar-refractivity contribution in [2.45, 2.75) is 174 Å². The number of hydrogen-bond donors (Lipinski definition) is 3. The number of hydrogen-bond acceptors (Lipinski definition) is 16. The molecule has 0 saturated heterocycles. The van der Waals surface area contributed by atoms with Crippen LogP contribution in [0.15, 0.2) is 419 Å². The Labute approximate surface area is 853 Å². The number of imidazole rings is 2. The van der Waals surface area contributed by atoms with Crippen LogP contribution in [0.1, 0.15) is 161 Å². The van der Waals surface area contributed by atoms with Crippen LogP contribution in [0.4, 0.5) is 32.8 Å². The standard InChI is InChI=1S/C28H26N2S.C26H22N2OS.C26H24N2S2.C22H14FN3S.C20H19N3S/c1-18-21-11-5-7-13-23(21)29-27(18)20-15-16-26-24(17-20)30-28(19-9-3-2-4-10-19)22-12-6-8-14-25(22)31-26;1-2-8-22-21-11-6-7-12-24(21)30-25-14-13-19(16-23(25)28-22)26-27-17-20(29-26)15-18-9-4-3-5-10-18;1-3-5-11-20-19-10-6-7-12-22(19)29-23-15-14-18(16-21(23)27-20)26-28-25-17(4-2)9-8-13-24(25)30-26;23-16-8-5-14(6-9-16)21-17-3-1-2-4-19(17)27-20-10-7-15(13-18(20)26-21)22-24-11-12-25-22;1-13(2)11-16-15-5-3-4-6-18(15)24-19-8-7-14(12-17(19)23-16)20-21-9-10-22-20/h5-8,11-17,19,29H,2-4,9-10H2,1H3;3-7,9-14,16-17H,2,8,15H2,1H3;6-10,12-16H,3-5,11H2,1-2H3;1-13H,(H,24,25);3-10,12-13H,11H2,1-2H3,(H,21,22). The number of nitrogens with one attached hydrogen (secondary N) is 3. The first kappa shape index (κ1) is 94.4. The Kier molecular flexibility index (Phi) is 29.1. The molecule has 25 rings (SSSR count). The zero-order chi connectivity index (χ0) is 96.4. The topological polar surface area (TPSA) is 174 Å². The maximum Gasteiger partial charge on any atom is 0.226 e. The molecule has 5 aromatic heterocycles. The molecule has 702 valence electrons. The van der Waals surface area contributed by atoms with Gasteiger partial charge >= 0.3 is 0 Å². The molecule has 20 heteroatoms. The third-order valence-corrected chi connectivity index (χ3v) is 32.7. The van der Waals surface area contributed by atoms with Crippen molar-refractivity contribution in [1.29, 1.82) is 0 Å². The fraction of sp³-hybridized carbons (Fsp3) is 0.172. The van der Waals surface area contributed by atoms with E-state index in [2.05, 4.69) is 314 Å².